The van der Waals surface area contributed by atoms with E-state index in [0.29, 0.717) is 6.61 Å². The van der Waals surface area contributed by atoms with Crippen LogP contribution < -0.4 is 11.5 Å². The van der Waals surface area contributed by atoms with Crippen molar-refractivity contribution in [3.8, 4) is 0 Å². The third-order valence-corrected chi connectivity index (χ3v) is 4.12. The lowest BCUT2D eigenvalue weighted by Crippen LogP contribution is -2.29. The van der Waals surface area contributed by atoms with Gasteiger partial charge < -0.3 is 21.3 Å². The largest absolute Gasteiger partial charge is 0.481 e. The van der Waals surface area contributed by atoms with E-state index in [4.69, 9.17) is 21.3 Å². The molecule has 5 heteroatoms. The monoisotopic (exact) mass is 330 g/mol. The molecule has 0 aliphatic heterocycles. The van der Waals surface area contributed by atoms with Gasteiger partial charge in [0, 0.05) is 12.5 Å². The molecule has 0 rings (SSSR count). The van der Waals surface area contributed by atoms with Crippen LogP contribution in [0.15, 0.2) is 0 Å². The Balaban J connectivity index is 3.96. The maximum Gasteiger partial charge on any atom is 0.303 e. The first kappa shape index (κ1) is 22.4. The highest BCUT2D eigenvalue weighted by Crippen LogP contribution is 2.15. The Bertz CT molecular complexity index is 275. The van der Waals surface area contributed by atoms with Crippen LogP contribution in [0.25, 0.3) is 0 Å². The van der Waals surface area contributed by atoms with E-state index in [9.17, 15) is 4.79 Å². The summed E-state index contributed by atoms with van der Waals surface area (Å²) >= 11 is 0. The Morgan fingerprint density at radius 2 is 1.65 bits per heavy atom. The van der Waals surface area contributed by atoms with Crippen molar-refractivity contribution in [2.45, 2.75) is 96.1 Å². The van der Waals surface area contributed by atoms with Crippen molar-refractivity contribution in [2.75, 3.05) is 13.2 Å². The first-order chi connectivity index (χ1) is 11.1. The summed E-state index contributed by atoms with van der Waals surface area (Å²) in [4.78, 5) is 10.6. The molecule has 0 spiro atoms. The van der Waals surface area contributed by atoms with Gasteiger partial charge in [-0.15, -0.1) is 0 Å². The third-order valence-electron chi connectivity index (χ3n) is 4.12. The maximum absolute atomic E-state index is 10.6. The van der Waals surface area contributed by atoms with E-state index in [2.05, 4.69) is 6.92 Å². The minimum atomic E-state index is -0.715. The molecular weight excluding hydrogens is 292 g/mol. The Hall–Kier alpha value is -0.650. The van der Waals surface area contributed by atoms with Gasteiger partial charge in [0.2, 0.25) is 0 Å². The minimum Gasteiger partial charge on any atom is -0.481 e. The number of unbranched alkanes of at least 4 members (excludes halogenated alkanes) is 5. The standard InChI is InChI=1S/C18H38N2O3/c1-2-3-4-5-11-17(12-6-7-13-18(21)22)23-15-16(20)10-8-9-14-19/h16-17H,2-15,19-20H2,1H3,(H,21,22). The second-order valence-electron chi connectivity index (χ2n) is 6.49. The molecule has 5 nitrogen and oxygen atoms in total. The molecule has 2 unspecified atom stereocenters. The van der Waals surface area contributed by atoms with E-state index in [1.165, 1.54) is 25.7 Å². The number of ether oxygens (including phenoxy) is 1. The molecule has 0 radical (unpaired) electrons. The van der Waals surface area contributed by atoms with Crippen LogP contribution in [0.1, 0.15) is 84.0 Å². The second-order valence-corrected chi connectivity index (χ2v) is 6.49. The number of carboxylic acid groups (broad SMARTS) is 1. The van der Waals surface area contributed by atoms with Crippen LogP contribution in [0, 0.1) is 0 Å². The summed E-state index contributed by atoms with van der Waals surface area (Å²) in [5.41, 5.74) is 11.6. The van der Waals surface area contributed by atoms with Gasteiger partial charge in [-0.3, -0.25) is 4.79 Å². The summed E-state index contributed by atoms with van der Waals surface area (Å²) in [7, 11) is 0. The molecule has 0 saturated heterocycles. The SMILES string of the molecule is CCCCCCC(CCCCC(=O)O)OCC(N)CCCCN. The summed E-state index contributed by atoms with van der Waals surface area (Å²) in [6.45, 7) is 3.53. The van der Waals surface area contributed by atoms with Gasteiger partial charge in [0.15, 0.2) is 0 Å². The van der Waals surface area contributed by atoms with Gasteiger partial charge in [0.05, 0.1) is 12.7 Å². The molecule has 0 amide bonds. The number of hydrogen-bond acceptors (Lipinski definition) is 4. The number of carboxylic acids is 1. The number of carbonyl (C=O) groups is 1. The van der Waals surface area contributed by atoms with E-state index in [1.807, 2.05) is 0 Å². The first-order valence-electron chi connectivity index (χ1n) is 9.39. The van der Waals surface area contributed by atoms with Gasteiger partial charge >= 0.3 is 5.97 Å². The Morgan fingerprint density at radius 3 is 2.26 bits per heavy atom. The molecule has 0 aliphatic carbocycles. The van der Waals surface area contributed by atoms with Crippen LogP contribution in [0.2, 0.25) is 0 Å². The van der Waals surface area contributed by atoms with E-state index in [-0.39, 0.29) is 18.6 Å². The molecule has 0 heterocycles. The van der Waals surface area contributed by atoms with Crippen molar-refractivity contribution < 1.29 is 14.6 Å². The fraction of sp³-hybridized carbons (Fsp3) is 0.944. The van der Waals surface area contributed by atoms with Gasteiger partial charge in [-0.25, -0.2) is 0 Å². The van der Waals surface area contributed by atoms with Gasteiger partial charge in [-0.05, 0) is 38.6 Å². The van der Waals surface area contributed by atoms with Crippen molar-refractivity contribution >= 4 is 5.97 Å². The predicted molar refractivity (Wildman–Crippen MR) is 95.5 cm³/mol. The van der Waals surface area contributed by atoms with Crippen molar-refractivity contribution in [2.24, 2.45) is 11.5 Å². The average molecular weight is 331 g/mol. The summed E-state index contributed by atoms with van der Waals surface area (Å²) in [6.07, 6.45) is 12.1. The molecule has 0 fully saturated rings. The van der Waals surface area contributed by atoms with Crippen LogP contribution in [0.5, 0.6) is 0 Å². The van der Waals surface area contributed by atoms with Crippen molar-refractivity contribution in [1.29, 1.82) is 0 Å². The van der Waals surface area contributed by atoms with Crippen molar-refractivity contribution in [3.63, 3.8) is 0 Å². The summed E-state index contributed by atoms with van der Waals surface area (Å²) in [5, 5.41) is 8.70. The van der Waals surface area contributed by atoms with Gasteiger partial charge in [-0.1, -0.05) is 45.4 Å². The van der Waals surface area contributed by atoms with Gasteiger partial charge in [0.1, 0.15) is 0 Å². The van der Waals surface area contributed by atoms with Crippen LogP contribution in [0.4, 0.5) is 0 Å². The minimum absolute atomic E-state index is 0.0821. The zero-order valence-electron chi connectivity index (χ0n) is 15.0. The number of nitrogens with two attached hydrogens (primary N) is 2. The summed E-state index contributed by atoms with van der Waals surface area (Å²) in [6, 6.07) is 0.0821. The molecular formula is C18H38N2O3. The summed E-state index contributed by atoms with van der Waals surface area (Å²) in [5.74, 6) is -0.715. The molecule has 0 aliphatic rings. The van der Waals surface area contributed by atoms with E-state index in [0.717, 1.165) is 51.5 Å². The second kappa shape index (κ2) is 16.2. The quantitative estimate of drug-likeness (QED) is 0.355. The Kier molecular flexibility index (Phi) is 15.8. The predicted octanol–water partition coefficient (Wildman–Crippen LogP) is 3.44. The van der Waals surface area contributed by atoms with E-state index < -0.39 is 5.97 Å². The first-order valence-corrected chi connectivity index (χ1v) is 9.39. The molecule has 0 bridgehead atoms. The molecule has 138 valence electrons. The molecule has 5 N–H and O–H groups in total. The van der Waals surface area contributed by atoms with Crippen LogP contribution >= 0.6 is 0 Å². The van der Waals surface area contributed by atoms with E-state index >= 15 is 0 Å². The van der Waals surface area contributed by atoms with Gasteiger partial charge in [0.25, 0.3) is 0 Å². The molecule has 0 aromatic carbocycles. The smallest absolute Gasteiger partial charge is 0.303 e. The fourth-order valence-electron chi connectivity index (χ4n) is 2.65. The lowest BCUT2D eigenvalue weighted by molar-refractivity contribution is -0.137. The molecule has 0 aromatic heterocycles. The number of aliphatic carboxylic acids is 1. The maximum atomic E-state index is 10.6. The fourth-order valence-corrected chi connectivity index (χ4v) is 2.65. The van der Waals surface area contributed by atoms with Crippen molar-refractivity contribution in [3.05, 3.63) is 0 Å². The van der Waals surface area contributed by atoms with E-state index in [1.54, 1.807) is 0 Å². The number of hydrogen-bond donors (Lipinski definition) is 3. The molecule has 0 aromatic rings. The lowest BCUT2D eigenvalue weighted by Gasteiger charge is -2.20. The third kappa shape index (κ3) is 16.0. The zero-order valence-corrected chi connectivity index (χ0v) is 15.0. The van der Waals surface area contributed by atoms with Crippen molar-refractivity contribution in [1.82, 2.24) is 0 Å². The van der Waals surface area contributed by atoms with Crippen LogP contribution in [-0.4, -0.2) is 36.4 Å². The van der Waals surface area contributed by atoms with Crippen LogP contribution in [0.3, 0.4) is 0 Å². The highest BCUT2D eigenvalue weighted by atomic mass is 16.5. The topological polar surface area (TPSA) is 98.6 Å². The van der Waals surface area contributed by atoms with Crippen LogP contribution in [-0.2, 0) is 9.53 Å². The highest BCUT2D eigenvalue weighted by molar-refractivity contribution is 5.66. The zero-order chi connectivity index (χ0) is 17.3. The normalized spacial score (nSPS) is 13.9. The van der Waals surface area contributed by atoms with Gasteiger partial charge in [-0.2, -0.15) is 0 Å². The lowest BCUT2D eigenvalue weighted by atomic mass is 10.0. The summed E-state index contributed by atoms with van der Waals surface area (Å²) < 4.78 is 6.02. The molecule has 0 saturated carbocycles. The Labute approximate surface area is 142 Å². The molecule has 23 heavy (non-hydrogen) atoms. The average Bonchev–Trinajstić information content (AvgIpc) is 2.52. The highest BCUT2D eigenvalue weighted by Gasteiger charge is 2.12. The number of rotatable bonds is 17. The Morgan fingerprint density at radius 1 is 1.00 bits per heavy atom. The molecule has 2 atom stereocenters.